The first-order valence-electron chi connectivity index (χ1n) is 10.2. The molecule has 5 heteroatoms. The van der Waals surface area contributed by atoms with E-state index in [4.69, 9.17) is 10.5 Å². The number of ether oxygens (including phenoxy) is 1. The lowest BCUT2D eigenvalue weighted by atomic mass is 9.92. The van der Waals surface area contributed by atoms with Gasteiger partial charge in [0, 0.05) is 6.04 Å². The highest BCUT2D eigenvalue weighted by molar-refractivity contribution is 5.78. The second kappa shape index (κ2) is 11.0. The molecule has 158 valence electrons. The van der Waals surface area contributed by atoms with E-state index in [0.717, 1.165) is 22.4 Å². The molecule has 0 spiro atoms. The number of aryl methyl sites for hydroxylation is 2. The molecule has 4 N–H and O–H groups in total. The average Bonchev–Trinajstić information content (AvgIpc) is 2.67. The zero-order valence-electron chi connectivity index (χ0n) is 17.9. The van der Waals surface area contributed by atoms with Gasteiger partial charge in [-0.25, -0.2) is 0 Å². The molecule has 0 saturated heterocycles. The molecule has 0 aliphatic rings. The van der Waals surface area contributed by atoms with Gasteiger partial charge in [-0.3, -0.25) is 4.79 Å². The Labute approximate surface area is 174 Å². The first-order chi connectivity index (χ1) is 13.8. The molecule has 3 atom stereocenters. The number of hydrogen-bond donors (Lipinski definition) is 3. The Morgan fingerprint density at radius 1 is 1.07 bits per heavy atom. The fourth-order valence-electron chi connectivity index (χ4n) is 3.28. The Hall–Kier alpha value is -2.37. The maximum Gasteiger partial charge on any atom is 0.258 e. The number of nitrogens with one attached hydrogen (secondary N) is 1. The van der Waals surface area contributed by atoms with Gasteiger partial charge in [0.15, 0.2) is 6.61 Å². The van der Waals surface area contributed by atoms with Gasteiger partial charge in [-0.15, -0.1) is 0 Å². The van der Waals surface area contributed by atoms with Crippen molar-refractivity contribution in [3.63, 3.8) is 0 Å². The highest BCUT2D eigenvalue weighted by Gasteiger charge is 2.25. The minimum Gasteiger partial charge on any atom is -0.483 e. The first kappa shape index (κ1) is 22.9. The number of aliphatic hydroxyl groups is 1. The summed E-state index contributed by atoms with van der Waals surface area (Å²) in [5, 5.41) is 13.7. The van der Waals surface area contributed by atoms with Crippen LogP contribution in [0.4, 0.5) is 0 Å². The summed E-state index contributed by atoms with van der Waals surface area (Å²) < 4.78 is 5.76. The Balaban J connectivity index is 2.04. The van der Waals surface area contributed by atoms with Crippen LogP contribution in [-0.2, 0) is 11.2 Å². The summed E-state index contributed by atoms with van der Waals surface area (Å²) in [5.41, 5.74) is 9.17. The number of para-hydroxylation sites is 1. The number of amides is 1. The number of nitrogens with two attached hydrogens (primary N) is 1. The van der Waals surface area contributed by atoms with Crippen LogP contribution in [0.5, 0.6) is 5.75 Å². The molecule has 0 aromatic heterocycles. The van der Waals surface area contributed by atoms with Gasteiger partial charge in [-0.1, -0.05) is 62.4 Å². The molecule has 0 fully saturated rings. The molecule has 2 aromatic rings. The van der Waals surface area contributed by atoms with Crippen molar-refractivity contribution in [2.24, 2.45) is 11.7 Å². The van der Waals surface area contributed by atoms with Gasteiger partial charge in [-0.2, -0.15) is 0 Å². The van der Waals surface area contributed by atoms with Crippen molar-refractivity contribution in [3.05, 3.63) is 65.2 Å². The molecule has 0 heterocycles. The van der Waals surface area contributed by atoms with E-state index in [-0.39, 0.29) is 24.5 Å². The van der Waals surface area contributed by atoms with Gasteiger partial charge in [-0.05, 0) is 49.3 Å². The van der Waals surface area contributed by atoms with Crippen LogP contribution in [0.1, 0.15) is 37.0 Å². The number of aliphatic hydroxyl groups excluding tert-OH is 1. The topological polar surface area (TPSA) is 84.6 Å². The summed E-state index contributed by atoms with van der Waals surface area (Å²) >= 11 is 0. The van der Waals surface area contributed by atoms with Crippen molar-refractivity contribution in [1.29, 1.82) is 0 Å². The largest absolute Gasteiger partial charge is 0.483 e. The van der Waals surface area contributed by atoms with Crippen molar-refractivity contribution < 1.29 is 14.6 Å². The highest BCUT2D eigenvalue weighted by Crippen LogP contribution is 2.22. The molecule has 2 rings (SSSR count). The van der Waals surface area contributed by atoms with Crippen molar-refractivity contribution in [2.75, 3.05) is 6.61 Å². The molecule has 0 saturated carbocycles. The van der Waals surface area contributed by atoms with Gasteiger partial charge >= 0.3 is 0 Å². The van der Waals surface area contributed by atoms with Crippen LogP contribution in [0.2, 0.25) is 0 Å². The van der Waals surface area contributed by atoms with Gasteiger partial charge < -0.3 is 20.9 Å². The molecule has 5 nitrogen and oxygen atoms in total. The third-order valence-electron chi connectivity index (χ3n) is 5.24. The smallest absolute Gasteiger partial charge is 0.258 e. The Morgan fingerprint density at radius 2 is 1.69 bits per heavy atom. The van der Waals surface area contributed by atoms with Crippen molar-refractivity contribution >= 4 is 5.91 Å². The van der Waals surface area contributed by atoms with E-state index in [2.05, 4.69) is 5.32 Å². The summed E-state index contributed by atoms with van der Waals surface area (Å²) in [6, 6.07) is 15.1. The molecular weight excluding hydrogens is 364 g/mol. The standard InChI is InChI=1S/C24H34N2O3/c1-16(2)20(25)14-22(27)21(13-19-11-6-5-7-12-19)26-23(28)15-29-24-17(3)9-8-10-18(24)4/h5-12,16,20-22,27H,13-15,25H2,1-4H3,(H,26,28)/t20-,21-,22-/m0/s1. The summed E-state index contributed by atoms with van der Waals surface area (Å²) in [6.07, 6.45) is 0.214. The van der Waals surface area contributed by atoms with E-state index in [1.165, 1.54) is 0 Å². The molecule has 0 aliphatic carbocycles. The van der Waals surface area contributed by atoms with Crippen LogP contribution in [0.25, 0.3) is 0 Å². The lowest BCUT2D eigenvalue weighted by Crippen LogP contribution is -2.48. The van der Waals surface area contributed by atoms with E-state index in [0.29, 0.717) is 12.8 Å². The molecule has 0 aliphatic heterocycles. The van der Waals surface area contributed by atoms with Crippen molar-refractivity contribution in [3.8, 4) is 5.75 Å². The van der Waals surface area contributed by atoms with Crippen LogP contribution in [0, 0.1) is 19.8 Å². The summed E-state index contributed by atoms with van der Waals surface area (Å²) in [7, 11) is 0. The van der Waals surface area contributed by atoms with Crippen LogP contribution in [0.15, 0.2) is 48.5 Å². The monoisotopic (exact) mass is 398 g/mol. The Bertz CT molecular complexity index is 757. The third kappa shape index (κ3) is 7.18. The fourth-order valence-corrected chi connectivity index (χ4v) is 3.28. The van der Waals surface area contributed by atoms with Crippen LogP contribution in [0.3, 0.4) is 0 Å². The van der Waals surface area contributed by atoms with E-state index in [1.54, 1.807) is 0 Å². The van der Waals surface area contributed by atoms with Gasteiger partial charge in [0.2, 0.25) is 0 Å². The first-order valence-corrected chi connectivity index (χ1v) is 10.2. The van der Waals surface area contributed by atoms with E-state index in [9.17, 15) is 9.90 Å². The molecule has 2 aromatic carbocycles. The maximum atomic E-state index is 12.6. The lowest BCUT2D eigenvalue weighted by molar-refractivity contribution is -0.124. The van der Waals surface area contributed by atoms with E-state index in [1.807, 2.05) is 76.2 Å². The second-order valence-corrected chi connectivity index (χ2v) is 8.08. The SMILES string of the molecule is Cc1cccc(C)c1OCC(=O)N[C@@H](Cc1ccccc1)[C@@H](O)C[C@H](N)C(C)C. The molecule has 0 bridgehead atoms. The zero-order chi connectivity index (χ0) is 21.4. The van der Waals surface area contributed by atoms with Crippen LogP contribution < -0.4 is 15.8 Å². The Morgan fingerprint density at radius 3 is 2.28 bits per heavy atom. The normalized spacial score (nSPS) is 14.3. The quantitative estimate of drug-likeness (QED) is 0.574. The summed E-state index contributed by atoms with van der Waals surface area (Å²) in [6.45, 7) is 7.87. The predicted molar refractivity (Wildman–Crippen MR) is 117 cm³/mol. The Kier molecular flexibility index (Phi) is 8.68. The van der Waals surface area contributed by atoms with Crippen LogP contribution >= 0.6 is 0 Å². The minimum absolute atomic E-state index is 0.0973. The average molecular weight is 399 g/mol. The third-order valence-corrected chi connectivity index (χ3v) is 5.24. The fraction of sp³-hybridized carbons (Fsp3) is 0.458. The minimum atomic E-state index is -0.739. The molecular formula is C24H34N2O3. The van der Waals surface area contributed by atoms with E-state index >= 15 is 0 Å². The van der Waals surface area contributed by atoms with Crippen LogP contribution in [-0.4, -0.2) is 35.8 Å². The molecule has 29 heavy (non-hydrogen) atoms. The number of carbonyl (C=O) groups excluding carboxylic acids is 1. The molecule has 1 amide bonds. The van der Waals surface area contributed by atoms with Gasteiger partial charge in [0.25, 0.3) is 5.91 Å². The van der Waals surface area contributed by atoms with E-state index < -0.39 is 12.1 Å². The zero-order valence-corrected chi connectivity index (χ0v) is 17.9. The van der Waals surface area contributed by atoms with Crippen molar-refractivity contribution in [1.82, 2.24) is 5.32 Å². The summed E-state index contributed by atoms with van der Waals surface area (Å²) in [4.78, 5) is 12.6. The highest BCUT2D eigenvalue weighted by atomic mass is 16.5. The van der Waals surface area contributed by atoms with Crippen molar-refractivity contribution in [2.45, 2.75) is 58.7 Å². The lowest BCUT2D eigenvalue weighted by Gasteiger charge is -2.28. The van der Waals surface area contributed by atoms with Gasteiger partial charge in [0.1, 0.15) is 5.75 Å². The number of benzene rings is 2. The second-order valence-electron chi connectivity index (χ2n) is 8.08. The van der Waals surface area contributed by atoms with Gasteiger partial charge in [0.05, 0.1) is 12.1 Å². The molecule has 0 unspecified atom stereocenters. The predicted octanol–water partition coefficient (Wildman–Crippen LogP) is 3.14. The number of carbonyl (C=O) groups is 1. The number of rotatable bonds is 10. The molecule has 0 radical (unpaired) electrons. The summed E-state index contributed by atoms with van der Waals surface area (Å²) in [5.74, 6) is 0.723. The maximum absolute atomic E-state index is 12.6. The number of hydrogen-bond acceptors (Lipinski definition) is 4.